The molecule has 0 unspecified atom stereocenters. The minimum atomic E-state index is -1.09. The second kappa shape index (κ2) is 7.42. The normalized spacial score (nSPS) is 11.2. The van der Waals surface area contributed by atoms with Crippen molar-refractivity contribution >= 4 is 24.5 Å². The molecule has 0 aromatic carbocycles. The third-order valence-electron chi connectivity index (χ3n) is 0.947. The molecule has 75 valence electrons. The Morgan fingerprint density at radius 3 is 2.42 bits per heavy atom. The first-order chi connectivity index (χ1) is 5.07. The molecular weight excluding hydrogens is 232 g/mol. The summed E-state index contributed by atoms with van der Waals surface area (Å²) in [6.45, 7) is -0.402. The van der Waals surface area contributed by atoms with E-state index in [1.54, 1.807) is 0 Å². The standard InChI is InChI=1S/C5H10N2O3S.Cu/c6-3(2-11)5(10)7-1-4(8)9;/h3,11H,1-2,6H2,(H,7,10)(H,8,9);/t3-;/m0./s1. The van der Waals surface area contributed by atoms with Crippen molar-refractivity contribution in [2.75, 3.05) is 12.3 Å². The molecule has 0 aromatic rings. The van der Waals surface area contributed by atoms with Crippen LogP contribution < -0.4 is 11.1 Å². The molecule has 7 heteroatoms. The summed E-state index contributed by atoms with van der Waals surface area (Å²) >= 11 is 3.77. The first-order valence-corrected chi connectivity index (χ1v) is 3.57. The van der Waals surface area contributed by atoms with Gasteiger partial charge in [-0.25, -0.2) is 0 Å². The number of hydrogen-bond acceptors (Lipinski definition) is 4. The fourth-order valence-corrected chi connectivity index (χ4v) is 0.543. The first-order valence-electron chi connectivity index (χ1n) is 2.94. The molecule has 12 heavy (non-hydrogen) atoms. The summed E-state index contributed by atoms with van der Waals surface area (Å²) < 4.78 is 0. The molecule has 0 aliphatic heterocycles. The number of hydrogen-bond donors (Lipinski definition) is 4. The van der Waals surface area contributed by atoms with E-state index in [9.17, 15) is 9.59 Å². The Bertz CT molecular complexity index is 167. The molecule has 4 N–H and O–H groups in total. The van der Waals surface area contributed by atoms with Crippen molar-refractivity contribution in [3.05, 3.63) is 0 Å². The van der Waals surface area contributed by atoms with Crippen molar-refractivity contribution in [3.63, 3.8) is 0 Å². The van der Waals surface area contributed by atoms with Crippen LogP contribution in [-0.2, 0) is 26.7 Å². The number of amides is 1. The van der Waals surface area contributed by atoms with Crippen molar-refractivity contribution in [2.24, 2.45) is 5.73 Å². The Labute approximate surface area is 86.0 Å². The van der Waals surface area contributed by atoms with E-state index >= 15 is 0 Å². The van der Waals surface area contributed by atoms with Crippen molar-refractivity contribution < 1.29 is 31.8 Å². The van der Waals surface area contributed by atoms with Gasteiger partial charge in [0, 0.05) is 22.8 Å². The molecule has 5 nitrogen and oxygen atoms in total. The molecule has 0 spiro atoms. The van der Waals surface area contributed by atoms with Crippen molar-refractivity contribution in [2.45, 2.75) is 6.04 Å². The van der Waals surface area contributed by atoms with E-state index < -0.39 is 24.5 Å². The third kappa shape index (κ3) is 6.48. The summed E-state index contributed by atoms with van der Waals surface area (Å²) in [5.41, 5.74) is 5.22. The van der Waals surface area contributed by atoms with Gasteiger partial charge in [0.2, 0.25) is 5.91 Å². The maximum Gasteiger partial charge on any atom is 0.322 e. The molecule has 0 fully saturated rings. The summed E-state index contributed by atoms with van der Waals surface area (Å²) in [7, 11) is 0. The Kier molecular flexibility index (Phi) is 8.84. The van der Waals surface area contributed by atoms with E-state index in [4.69, 9.17) is 10.8 Å². The number of carboxylic acid groups (broad SMARTS) is 1. The average molecular weight is 242 g/mol. The van der Waals surface area contributed by atoms with Gasteiger partial charge in [-0.1, -0.05) is 0 Å². The van der Waals surface area contributed by atoms with E-state index in [0.717, 1.165) is 0 Å². The smallest absolute Gasteiger partial charge is 0.322 e. The first kappa shape index (κ1) is 14.3. The molecule has 1 radical (unpaired) electrons. The molecule has 0 bridgehead atoms. The number of carboxylic acids is 1. The topological polar surface area (TPSA) is 92.4 Å². The zero-order chi connectivity index (χ0) is 8.85. The van der Waals surface area contributed by atoms with Crippen LogP contribution in [0.5, 0.6) is 0 Å². The molecule has 0 rings (SSSR count). The zero-order valence-electron chi connectivity index (χ0n) is 6.08. The minimum Gasteiger partial charge on any atom is -0.480 e. The minimum absolute atomic E-state index is 0. The number of nitrogens with two attached hydrogens (primary N) is 1. The van der Waals surface area contributed by atoms with Gasteiger partial charge in [-0.3, -0.25) is 9.59 Å². The summed E-state index contributed by atoms with van der Waals surface area (Å²) in [4.78, 5) is 20.7. The van der Waals surface area contributed by atoms with Crippen LogP contribution in [0.1, 0.15) is 0 Å². The molecule has 0 aliphatic carbocycles. The van der Waals surface area contributed by atoms with Crippen LogP contribution in [0, 0.1) is 0 Å². The SMILES string of the molecule is N[C@@H](CS)C(=O)NCC(=O)O.[Cu]. The van der Waals surface area contributed by atoms with E-state index in [0.29, 0.717) is 0 Å². The summed E-state index contributed by atoms with van der Waals surface area (Å²) in [6.07, 6.45) is 0. The second-order valence-corrected chi connectivity index (χ2v) is 2.27. The molecule has 0 aliphatic rings. The van der Waals surface area contributed by atoms with Crippen LogP contribution in [0.25, 0.3) is 0 Å². The molecule has 0 aromatic heterocycles. The number of nitrogens with one attached hydrogen (secondary N) is 1. The van der Waals surface area contributed by atoms with Crippen LogP contribution in [0.4, 0.5) is 0 Å². The predicted octanol–water partition coefficient (Wildman–Crippen LogP) is -1.56. The Hall–Kier alpha value is -0.231. The van der Waals surface area contributed by atoms with Gasteiger partial charge in [0.05, 0.1) is 6.04 Å². The molecule has 1 amide bonds. The molecule has 0 saturated carbocycles. The third-order valence-corrected chi connectivity index (χ3v) is 1.34. The van der Waals surface area contributed by atoms with Gasteiger partial charge in [0.15, 0.2) is 0 Å². The van der Waals surface area contributed by atoms with Gasteiger partial charge in [-0.15, -0.1) is 0 Å². The molecule has 0 heterocycles. The van der Waals surface area contributed by atoms with E-state index in [2.05, 4.69) is 17.9 Å². The van der Waals surface area contributed by atoms with Crippen LogP contribution >= 0.6 is 12.6 Å². The van der Waals surface area contributed by atoms with E-state index in [-0.39, 0.29) is 22.8 Å². The zero-order valence-corrected chi connectivity index (χ0v) is 7.92. The van der Waals surface area contributed by atoms with Gasteiger partial charge in [0.25, 0.3) is 0 Å². The maximum atomic E-state index is 10.7. The number of carbonyl (C=O) groups excluding carboxylic acids is 1. The Morgan fingerprint density at radius 2 is 2.08 bits per heavy atom. The Morgan fingerprint density at radius 1 is 1.58 bits per heavy atom. The number of thiol groups is 1. The summed E-state index contributed by atoms with van der Waals surface area (Å²) in [5, 5.41) is 10.3. The average Bonchev–Trinajstić information content (AvgIpc) is 1.98. The largest absolute Gasteiger partial charge is 0.480 e. The van der Waals surface area contributed by atoms with Crippen molar-refractivity contribution in [1.82, 2.24) is 5.32 Å². The van der Waals surface area contributed by atoms with Gasteiger partial charge in [-0.05, 0) is 0 Å². The van der Waals surface area contributed by atoms with Crippen molar-refractivity contribution in [3.8, 4) is 0 Å². The van der Waals surface area contributed by atoms with Crippen molar-refractivity contribution in [1.29, 1.82) is 0 Å². The summed E-state index contributed by atoms with van der Waals surface area (Å²) in [5.74, 6) is -1.39. The fraction of sp³-hybridized carbons (Fsp3) is 0.600. The number of carbonyl (C=O) groups is 2. The van der Waals surface area contributed by atoms with Gasteiger partial charge in [-0.2, -0.15) is 12.6 Å². The number of rotatable bonds is 4. The van der Waals surface area contributed by atoms with Crippen LogP contribution in [-0.4, -0.2) is 35.3 Å². The molecular formula is C5H10CuN2O3S. The van der Waals surface area contributed by atoms with Gasteiger partial charge in [0.1, 0.15) is 6.54 Å². The molecule has 1 atom stereocenters. The maximum absolute atomic E-state index is 10.7. The summed E-state index contributed by atoms with van der Waals surface area (Å²) in [6, 6.07) is -0.738. The second-order valence-electron chi connectivity index (χ2n) is 1.90. The monoisotopic (exact) mass is 241 g/mol. The van der Waals surface area contributed by atoms with Gasteiger partial charge >= 0.3 is 5.97 Å². The quantitative estimate of drug-likeness (QED) is 0.354. The van der Waals surface area contributed by atoms with Crippen LogP contribution in [0.15, 0.2) is 0 Å². The number of aliphatic carboxylic acids is 1. The van der Waals surface area contributed by atoms with Crippen LogP contribution in [0.2, 0.25) is 0 Å². The Balaban J connectivity index is 0. The van der Waals surface area contributed by atoms with E-state index in [1.165, 1.54) is 0 Å². The van der Waals surface area contributed by atoms with E-state index in [1.807, 2.05) is 0 Å². The predicted molar refractivity (Wildman–Crippen MR) is 42.5 cm³/mol. The fourth-order valence-electron chi connectivity index (χ4n) is 0.377. The van der Waals surface area contributed by atoms with Gasteiger partial charge < -0.3 is 16.2 Å². The van der Waals surface area contributed by atoms with Crippen LogP contribution in [0.3, 0.4) is 0 Å². The molecule has 0 saturated heterocycles.